The maximum absolute atomic E-state index is 12.2. The van der Waals surface area contributed by atoms with Gasteiger partial charge in [0.25, 0.3) is 0 Å². The SMILES string of the molecule is CCS(=O)(=O)C1CSCCN1Cc1cccc(B(O)O)c1. The third-order valence-corrected chi connectivity index (χ3v) is 6.97. The van der Waals surface area contributed by atoms with Gasteiger partial charge in [0.1, 0.15) is 5.37 Å². The van der Waals surface area contributed by atoms with E-state index in [0.717, 1.165) is 17.9 Å². The highest BCUT2D eigenvalue weighted by Crippen LogP contribution is 2.23. The Hall–Kier alpha value is -0.535. The Kier molecular flexibility index (Phi) is 5.73. The molecule has 8 heteroatoms. The van der Waals surface area contributed by atoms with E-state index in [-0.39, 0.29) is 5.75 Å². The highest BCUT2D eigenvalue weighted by atomic mass is 32.2. The van der Waals surface area contributed by atoms with Crippen molar-refractivity contribution in [1.29, 1.82) is 0 Å². The molecule has 2 N–H and O–H groups in total. The molecule has 0 amide bonds. The van der Waals surface area contributed by atoms with Crippen LogP contribution in [0.2, 0.25) is 0 Å². The summed E-state index contributed by atoms with van der Waals surface area (Å²) in [5, 5.41) is 18.0. The number of rotatable bonds is 5. The summed E-state index contributed by atoms with van der Waals surface area (Å²) in [7, 11) is -4.61. The molecule has 0 spiro atoms. The lowest BCUT2D eigenvalue weighted by molar-refractivity contribution is 0.262. The van der Waals surface area contributed by atoms with Gasteiger partial charge >= 0.3 is 7.12 Å². The highest BCUT2D eigenvalue weighted by Gasteiger charge is 2.32. The Morgan fingerprint density at radius 3 is 2.86 bits per heavy atom. The summed E-state index contributed by atoms with van der Waals surface area (Å²) in [5.41, 5.74) is 1.32. The maximum atomic E-state index is 12.2. The largest absolute Gasteiger partial charge is 0.488 e. The van der Waals surface area contributed by atoms with Gasteiger partial charge in [0.05, 0.1) is 0 Å². The first kappa shape index (κ1) is 16.8. The summed E-state index contributed by atoms with van der Waals surface area (Å²) < 4.78 is 24.4. The van der Waals surface area contributed by atoms with Gasteiger partial charge in [0.2, 0.25) is 0 Å². The second kappa shape index (κ2) is 7.15. The number of thioether (sulfide) groups is 1. The van der Waals surface area contributed by atoms with Gasteiger partial charge in [-0.15, -0.1) is 0 Å². The first-order chi connectivity index (χ1) is 9.94. The summed E-state index contributed by atoms with van der Waals surface area (Å²) in [6.45, 7) is 2.90. The van der Waals surface area contributed by atoms with E-state index in [2.05, 4.69) is 0 Å². The molecular formula is C13H20BNO4S2. The molecule has 0 saturated carbocycles. The van der Waals surface area contributed by atoms with E-state index in [4.69, 9.17) is 0 Å². The zero-order valence-corrected chi connectivity index (χ0v) is 13.6. The predicted molar refractivity (Wildman–Crippen MR) is 87.3 cm³/mol. The standard InChI is InChI=1S/C13H20BNO4S2/c1-2-21(18,19)13-10-20-7-6-15(13)9-11-4-3-5-12(8-11)14(16)17/h3-5,8,13,16-17H,2,6-7,9-10H2,1H3. The molecule has 1 aliphatic heterocycles. The van der Waals surface area contributed by atoms with Crippen molar-refractivity contribution in [2.45, 2.75) is 18.8 Å². The van der Waals surface area contributed by atoms with Crippen LogP contribution in [0.15, 0.2) is 24.3 Å². The zero-order chi connectivity index (χ0) is 15.5. The summed E-state index contributed by atoms with van der Waals surface area (Å²) in [6, 6.07) is 6.98. The molecule has 0 aromatic heterocycles. The molecule has 21 heavy (non-hydrogen) atoms. The molecule has 1 saturated heterocycles. The first-order valence-electron chi connectivity index (χ1n) is 6.92. The van der Waals surface area contributed by atoms with Crippen molar-refractivity contribution < 1.29 is 18.5 Å². The molecule has 1 fully saturated rings. The van der Waals surface area contributed by atoms with E-state index in [1.54, 1.807) is 36.9 Å². The number of hydrogen-bond donors (Lipinski definition) is 2. The number of hydrogen-bond acceptors (Lipinski definition) is 6. The lowest BCUT2D eigenvalue weighted by Gasteiger charge is -2.34. The summed E-state index contributed by atoms with van der Waals surface area (Å²) >= 11 is 1.67. The monoisotopic (exact) mass is 329 g/mol. The van der Waals surface area contributed by atoms with Crippen LogP contribution in [0.4, 0.5) is 0 Å². The average Bonchev–Trinajstić information content (AvgIpc) is 2.48. The van der Waals surface area contributed by atoms with Crippen molar-refractivity contribution in [1.82, 2.24) is 4.90 Å². The van der Waals surface area contributed by atoms with Gasteiger partial charge in [0, 0.05) is 30.3 Å². The van der Waals surface area contributed by atoms with Crippen molar-refractivity contribution in [2.75, 3.05) is 23.8 Å². The topological polar surface area (TPSA) is 77.8 Å². The normalized spacial score (nSPS) is 20.4. The van der Waals surface area contributed by atoms with Gasteiger partial charge in [-0.1, -0.05) is 31.2 Å². The van der Waals surface area contributed by atoms with Gasteiger partial charge in [-0.2, -0.15) is 11.8 Å². The Morgan fingerprint density at radius 1 is 1.43 bits per heavy atom. The molecule has 5 nitrogen and oxygen atoms in total. The van der Waals surface area contributed by atoms with E-state index in [1.165, 1.54) is 0 Å². The molecule has 1 aromatic rings. The van der Waals surface area contributed by atoms with E-state index >= 15 is 0 Å². The molecule has 116 valence electrons. The van der Waals surface area contributed by atoms with Crippen LogP contribution in [0.5, 0.6) is 0 Å². The van der Waals surface area contributed by atoms with Crippen molar-refractivity contribution in [2.24, 2.45) is 0 Å². The molecule has 2 rings (SSSR count). The molecule has 1 unspecified atom stereocenters. The third kappa shape index (κ3) is 4.23. The minimum atomic E-state index is -3.11. The van der Waals surface area contributed by atoms with Crippen molar-refractivity contribution in [3.63, 3.8) is 0 Å². The summed E-state index contributed by atoms with van der Waals surface area (Å²) in [5.74, 6) is 1.65. The Bertz CT molecular complexity index is 579. The minimum Gasteiger partial charge on any atom is -0.423 e. The van der Waals surface area contributed by atoms with E-state index < -0.39 is 22.3 Å². The molecule has 1 aromatic carbocycles. The average molecular weight is 329 g/mol. The number of benzene rings is 1. The quantitative estimate of drug-likeness (QED) is 0.721. The van der Waals surface area contributed by atoms with Crippen LogP contribution in [0.1, 0.15) is 12.5 Å². The first-order valence-corrected chi connectivity index (χ1v) is 9.79. The fourth-order valence-corrected chi connectivity index (χ4v) is 5.49. The fraction of sp³-hybridized carbons (Fsp3) is 0.538. The molecule has 1 atom stereocenters. The van der Waals surface area contributed by atoms with Gasteiger partial charge < -0.3 is 10.0 Å². The molecule has 0 aliphatic carbocycles. The highest BCUT2D eigenvalue weighted by molar-refractivity contribution is 8.01. The molecule has 1 aliphatic rings. The second-order valence-electron chi connectivity index (χ2n) is 5.07. The van der Waals surface area contributed by atoms with Crippen molar-refractivity contribution in [3.05, 3.63) is 29.8 Å². The Balaban J connectivity index is 2.18. The van der Waals surface area contributed by atoms with Crippen LogP contribution in [-0.2, 0) is 16.4 Å². The summed E-state index contributed by atoms with van der Waals surface area (Å²) in [4.78, 5) is 1.97. The van der Waals surface area contributed by atoms with Crippen LogP contribution in [0.3, 0.4) is 0 Å². The number of nitrogens with zero attached hydrogens (tertiary/aromatic N) is 1. The van der Waals surface area contributed by atoms with Gasteiger partial charge in [0.15, 0.2) is 9.84 Å². The fourth-order valence-electron chi connectivity index (χ4n) is 2.41. The molecule has 0 radical (unpaired) electrons. The third-order valence-electron chi connectivity index (χ3n) is 3.64. The van der Waals surface area contributed by atoms with Crippen molar-refractivity contribution >= 4 is 34.2 Å². The Labute approximate surface area is 130 Å². The van der Waals surface area contributed by atoms with Gasteiger partial charge in [-0.05, 0) is 11.0 Å². The van der Waals surface area contributed by atoms with Crippen LogP contribution < -0.4 is 5.46 Å². The predicted octanol–water partition coefficient (Wildman–Crippen LogP) is -0.324. The minimum absolute atomic E-state index is 0.143. The van der Waals surface area contributed by atoms with Crippen LogP contribution >= 0.6 is 11.8 Å². The lowest BCUT2D eigenvalue weighted by Crippen LogP contribution is -2.47. The second-order valence-corrected chi connectivity index (χ2v) is 8.67. The zero-order valence-electron chi connectivity index (χ0n) is 12.0. The van der Waals surface area contributed by atoms with Crippen LogP contribution in [0.25, 0.3) is 0 Å². The van der Waals surface area contributed by atoms with Crippen LogP contribution in [0, 0.1) is 0 Å². The number of sulfone groups is 1. The van der Waals surface area contributed by atoms with Crippen LogP contribution in [-0.4, -0.2) is 59.7 Å². The van der Waals surface area contributed by atoms with E-state index in [1.807, 2.05) is 11.0 Å². The molecule has 0 bridgehead atoms. The van der Waals surface area contributed by atoms with E-state index in [0.29, 0.717) is 17.8 Å². The lowest BCUT2D eigenvalue weighted by atomic mass is 9.79. The summed E-state index contributed by atoms with van der Waals surface area (Å²) in [6.07, 6.45) is 0. The Morgan fingerprint density at radius 2 is 2.19 bits per heavy atom. The van der Waals surface area contributed by atoms with Gasteiger partial charge in [-0.25, -0.2) is 8.42 Å². The van der Waals surface area contributed by atoms with Crippen molar-refractivity contribution in [3.8, 4) is 0 Å². The van der Waals surface area contributed by atoms with Gasteiger partial charge in [-0.3, -0.25) is 4.90 Å². The maximum Gasteiger partial charge on any atom is 0.488 e. The molecular weight excluding hydrogens is 309 g/mol. The smallest absolute Gasteiger partial charge is 0.423 e. The molecule has 1 heterocycles. The van der Waals surface area contributed by atoms with E-state index in [9.17, 15) is 18.5 Å².